The van der Waals surface area contributed by atoms with E-state index < -0.39 is 0 Å². The maximum atomic E-state index is 13.0. The van der Waals surface area contributed by atoms with Crippen molar-refractivity contribution in [2.24, 2.45) is 5.73 Å². The van der Waals surface area contributed by atoms with Crippen molar-refractivity contribution < 1.29 is 9.18 Å². The summed E-state index contributed by atoms with van der Waals surface area (Å²) in [7, 11) is 0. The number of hydrogen-bond acceptors (Lipinski definition) is 2. The Labute approximate surface area is 107 Å². The monoisotopic (exact) mass is 250 g/mol. The van der Waals surface area contributed by atoms with Crippen molar-refractivity contribution in [3.05, 3.63) is 30.1 Å². The molecule has 18 heavy (non-hydrogen) atoms. The van der Waals surface area contributed by atoms with Crippen molar-refractivity contribution in [2.75, 3.05) is 5.32 Å². The molecule has 0 saturated heterocycles. The highest BCUT2D eigenvalue weighted by atomic mass is 19.1. The van der Waals surface area contributed by atoms with Gasteiger partial charge in [-0.15, -0.1) is 0 Å². The Morgan fingerprint density at radius 3 is 2.72 bits per heavy atom. The van der Waals surface area contributed by atoms with E-state index in [2.05, 4.69) is 5.32 Å². The summed E-state index contributed by atoms with van der Waals surface area (Å²) in [4.78, 5) is 11.9. The fourth-order valence-electron chi connectivity index (χ4n) is 2.52. The van der Waals surface area contributed by atoms with E-state index in [0.29, 0.717) is 12.1 Å². The lowest BCUT2D eigenvalue weighted by Gasteiger charge is -2.32. The van der Waals surface area contributed by atoms with E-state index in [4.69, 9.17) is 5.73 Å². The first kappa shape index (κ1) is 13.0. The molecule has 98 valence electrons. The molecule has 1 aromatic rings. The van der Waals surface area contributed by atoms with Gasteiger partial charge in [-0.25, -0.2) is 4.39 Å². The van der Waals surface area contributed by atoms with Gasteiger partial charge in [0.2, 0.25) is 5.91 Å². The summed E-state index contributed by atoms with van der Waals surface area (Å²) in [6.45, 7) is 0. The lowest BCUT2D eigenvalue weighted by Crippen LogP contribution is -2.44. The number of carbonyl (C=O) groups is 1. The van der Waals surface area contributed by atoms with Crippen LogP contribution in [0.2, 0.25) is 0 Å². The SMILES string of the molecule is NC1(CC(=O)Nc2cccc(F)c2)CCCCC1. The number of rotatable bonds is 3. The van der Waals surface area contributed by atoms with Crippen molar-refractivity contribution in [1.29, 1.82) is 0 Å². The van der Waals surface area contributed by atoms with Crippen molar-refractivity contribution >= 4 is 11.6 Å². The topological polar surface area (TPSA) is 55.1 Å². The predicted molar refractivity (Wildman–Crippen MR) is 69.7 cm³/mol. The number of hydrogen-bond donors (Lipinski definition) is 2. The van der Waals surface area contributed by atoms with Crippen LogP contribution in [0.3, 0.4) is 0 Å². The number of nitrogens with two attached hydrogens (primary N) is 1. The summed E-state index contributed by atoms with van der Waals surface area (Å²) in [5.74, 6) is -0.488. The molecular weight excluding hydrogens is 231 g/mol. The van der Waals surface area contributed by atoms with E-state index in [-0.39, 0.29) is 17.3 Å². The van der Waals surface area contributed by atoms with Crippen LogP contribution in [-0.2, 0) is 4.79 Å². The minimum Gasteiger partial charge on any atom is -0.326 e. The summed E-state index contributed by atoms with van der Waals surface area (Å²) in [5, 5.41) is 2.70. The molecule has 1 aliphatic carbocycles. The molecule has 1 aromatic carbocycles. The largest absolute Gasteiger partial charge is 0.326 e. The molecule has 1 saturated carbocycles. The predicted octanol–water partition coefficient (Wildman–Crippen LogP) is 2.82. The van der Waals surface area contributed by atoms with Gasteiger partial charge in [-0.05, 0) is 31.0 Å². The lowest BCUT2D eigenvalue weighted by molar-refractivity contribution is -0.117. The third kappa shape index (κ3) is 3.53. The van der Waals surface area contributed by atoms with E-state index in [0.717, 1.165) is 25.7 Å². The highest BCUT2D eigenvalue weighted by molar-refractivity contribution is 5.91. The summed E-state index contributed by atoms with van der Waals surface area (Å²) < 4.78 is 13.0. The van der Waals surface area contributed by atoms with Gasteiger partial charge in [0.1, 0.15) is 5.82 Å². The molecule has 0 atom stereocenters. The quantitative estimate of drug-likeness (QED) is 0.866. The van der Waals surface area contributed by atoms with Crippen molar-refractivity contribution in [3.63, 3.8) is 0 Å². The molecule has 0 aromatic heterocycles. The normalized spacial score (nSPS) is 18.3. The fourth-order valence-corrected chi connectivity index (χ4v) is 2.52. The van der Waals surface area contributed by atoms with Crippen LogP contribution in [0.15, 0.2) is 24.3 Å². The van der Waals surface area contributed by atoms with Crippen LogP contribution < -0.4 is 11.1 Å². The lowest BCUT2D eigenvalue weighted by atomic mass is 9.80. The molecule has 0 spiro atoms. The van der Waals surface area contributed by atoms with Crippen LogP contribution in [0.1, 0.15) is 38.5 Å². The highest BCUT2D eigenvalue weighted by Crippen LogP contribution is 2.28. The second-order valence-electron chi connectivity index (χ2n) is 5.16. The van der Waals surface area contributed by atoms with Gasteiger partial charge in [-0.2, -0.15) is 0 Å². The fraction of sp³-hybridized carbons (Fsp3) is 0.500. The highest BCUT2D eigenvalue weighted by Gasteiger charge is 2.29. The van der Waals surface area contributed by atoms with E-state index >= 15 is 0 Å². The zero-order chi connectivity index (χ0) is 13.0. The first-order valence-corrected chi connectivity index (χ1v) is 6.42. The number of halogens is 1. The standard InChI is InChI=1S/C14H19FN2O/c15-11-5-4-6-12(9-11)17-13(18)10-14(16)7-2-1-3-8-14/h4-6,9H,1-3,7-8,10,16H2,(H,17,18). The molecule has 1 fully saturated rings. The van der Waals surface area contributed by atoms with Gasteiger partial charge in [0.25, 0.3) is 0 Å². The summed E-state index contributed by atoms with van der Waals surface area (Å²) in [6, 6.07) is 5.90. The van der Waals surface area contributed by atoms with Crippen molar-refractivity contribution in [2.45, 2.75) is 44.1 Å². The first-order valence-electron chi connectivity index (χ1n) is 6.42. The van der Waals surface area contributed by atoms with Gasteiger partial charge in [0.05, 0.1) is 0 Å². The average Bonchev–Trinajstić information content (AvgIpc) is 2.28. The first-order chi connectivity index (χ1) is 8.57. The molecule has 0 bridgehead atoms. The molecule has 0 aliphatic heterocycles. The van der Waals surface area contributed by atoms with Gasteiger partial charge < -0.3 is 11.1 Å². The van der Waals surface area contributed by atoms with Gasteiger partial charge in [-0.3, -0.25) is 4.79 Å². The second-order valence-corrected chi connectivity index (χ2v) is 5.16. The van der Waals surface area contributed by atoms with Crippen LogP contribution in [0.4, 0.5) is 10.1 Å². The molecule has 2 rings (SSSR count). The summed E-state index contributed by atoms with van der Waals surface area (Å²) in [6.07, 6.45) is 5.47. The zero-order valence-electron chi connectivity index (χ0n) is 10.4. The van der Waals surface area contributed by atoms with Crippen molar-refractivity contribution in [3.8, 4) is 0 Å². The maximum Gasteiger partial charge on any atom is 0.226 e. The van der Waals surface area contributed by atoms with Crippen LogP contribution in [-0.4, -0.2) is 11.4 Å². The van der Waals surface area contributed by atoms with Crippen LogP contribution in [0, 0.1) is 5.82 Å². The second kappa shape index (κ2) is 5.48. The number of carbonyl (C=O) groups excluding carboxylic acids is 1. The Kier molecular flexibility index (Phi) is 3.97. The van der Waals surface area contributed by atoms with E-state index in [9.17, 15) is 9.18 Å². The Morgan fingerprint density at radius 2 is 2.06 bits per heavy atom. The smallest absolute Gasteiger partial charge is 0.226 e. The molecule has 3 nitrogen and oxygen atoms in total. The van der Waals surface area contributed by atoms with Gasteiger partial charge in [0, 0.05) is 17.6 Å². The minimum absolute atomic E-state index is 0.134. The average molecular weight is 250 g/mol. The van der Waals surface area contributed by atoms with Crippen LogP contribution in [0.5, 0.6) is 0 Å². The summed E-state index contributed by atoms with van der Waals surface area (Å²) >= 11 is 0. The number of benzene rings is 1. The van der Waals surface area contributed by atoms with E-state index in [1.54, 1.807) is 12.1 Å². The van der Waals surface area contributed by atoms with E-state index in [1.807, 2.05) is 0 Å². The Hall–Kier alpha value is -1.42. The third-order valence-electron chi connectivity index (χ3n) is 3.47. The zero-order valence-corrected chi connectivity index (χ0v) is 10.4. The van der Waals surface area contributed by atoms with Gasteiger partial charge >= 0.3 is 0 Å². The van der Waals surface area contributed by atoms with Gasteiger partial charge in [0.15, 0.2) is 0 Å². The van der Waals surface area contributed by atoms with E-state index in [1.165, 1.54) is 18.6 Å². The Bertz CT molecular complexity index is 428. The van der Waals surface area contributed by atoms with Crippen LogP contribution in [0.25, 0.3) is 0 Å². The van der Waals surface area contributed by atoms with Crippen molar-refractivity contribution in [1.82, 2.24) is 0 Å². The minimum atomic E-state index is -0.379. The molecule has 0 heterocycles. The molecule has 1 amide bonds. The molecule has 3 N–H and O–H groups in total. The molecule has 0 unspecified atom stereocenters. The molecule has 4 heteroatoms. The summed E-state index contributed by atoms with van der Waals surface area (Å²) in [5.41, 5.74) is 6.31. The van der Waals surface area contributed by atoms with Crippen LogP contribution >= 0.6 is 0 Å². The third-order valence-corrected chi connectivity index (χ3v) is 3.47. The number of amides is 1. The maximum absolute atomic E-state index is 13.0. The number of anilines is 1. The Morgan fingerprint density at radius 1 is 1.33 bits per heavy atom. The molecular formula is C14H19FN2O. The molecule has 0 radical (unpaired) electrons. The van der Waals surface area contributed by atoms with Gasteiger partial charge in [-0.1, -0.05) is 25.3 Å². The number of nitrogens with one attached hydrogen (secondary N) is 1. The molecule has 1 aliphatic rings. The Balaban J connectivity index is 1.92.